The minimum absolute atomic E-state index is 0.142. The van der Waals surface area contributed by atoms with Crippen LogP contribution >= 0.6 is 0 Å². The van der Waals surface area contributed by atoms with E-state index in [9.17, 15) is 8.78 Å². The maximum atomic E-state index is 13.3. The highest BCUT2D eigenvalue weighted by Gasteiger charge is 2.14. The average Bonchev–Trinajstić information content (AvgIpc) is 2.18. The highest BCUT2D eigenvalue weighted by atomic mass is 19.1. The lowest BCUT2D eigenvalue weighted by Gasteiger charge is -2.10. The Morgan fingerprint density at radius 3 is 2.33 bits per heavy atom. The first kappa shape index (κ1) is 11.7. The number of rotatable bonds is 2. The zero-order valence-corrected chi connectivity index (χ0v) is 8.98. The quantitative estimate of drug-likeness (QED) is 0.647. The number of benzene rings is 1. The van der Waals surface area contributed by atoms with Gasteiger partial charge in [-0.15, -0.1) is 11.8 Å². The maximum absolute atomic E-state index is 13.3. The van der Waals surface area contributed by atoms with Crippen molar-refractivity contribution in [2.24, 2.45) is 0 Å². The third-order valence-corrected chi connectivity index (χ3v) is 2.20. The number of halogens is 2. The second kappa shape index (κ2) is 5.50. The van der Waals surface area contributed by atoms with Crippen LogP contribution in [0.25, 0.3) is 0 Å². The zero-order chi connectivity index (χ0) is 11.3. The van der Waals surface area contributed by atoms with Gasteiger partial charge in [-0.25, -0.2) is 8.78 Å². The van der Waals surface area contributed by atoms with Crippen molar-refractivity contribution in [3.63, 3.8) is 0 Å². The summed E-state index contributed by atoms with van der Waals surface area (Å²) in [7, 11) is 0. The lowest BCUT2D eigenvalue weighted by molar-refractivity contribution is 0.535. The molecule has 0 aliphatic rings. The van der Waals surface area contributed by atoms with Gasteiger partial charge in [0.2, 0.25) is 0 Å². The van der Waals surface area contributed by atoms with Crippen LogP contribution in [0.3, 0.4) is 0 Å². The van der Waals surface area contributed by atoms with Crippen molar-refractivity contribution in [1.82, 2.24) is 0 Å². The van der Waals surface area contributed by atoms with Gasteiger partial charge in [-0.2, -0.15) is 0 Å². The fourth-order valence-corrected chi connectivity index (χ4v) is 1.43. The van der Waals surface area contributed by atoms with Crippen molar-refractivity contribution < 1.29 is 8.78 Å². The first-order valence-electron chi connectivity index (χ1n) is 5.06. The van der Waals surface area contributed by atoms with E-state index in [1.54, 1.807) is 6.92 Å². The van der Waals surface area contributed by atoms with E-state index in [-0.39, 0.29) is 11.5 Å². The molecule has 1 rings (SSSR count). The second-order valence-corrected chi connectivity index (χ2v) is 3.45. The second-order valence-electron chi connectivity index (χ2n) is 3.45. The first-order chi connectivity index (χ1) is 7.16. The van der Waals surface area contributed by atoms with Gasteiger partial charge in [0.25, 0.3) is 0 Å². The summed E-state index contributed by atoms with van der Waals surface area (Å²) in [5.74, 6) is 4.62. The Hall–Kier alpha value is -1.36. The summed E-state index contributed by atoms with van der Waals surface area (Å²) in [5, 5.41) is 0. The summed E-state index contributed by atoms with van der Waals surface area (Å²) in [4.78, 5) is 0. The molecular formula is C13H14F2. The van der Waals surface area contributed by atoms with Crippen LogP contribution in [-0.2, 0) is 0 Å². The lowest BCUT2D eigenvalue weighted by Crippen LogP contribution is -2.00. The molecule has 1 aromatic rings. The van der Waals surface area contributed by atoms with Gasteiger partial charge < -0.3 is 0 Å². The van der Waals surface area contributed by atoms with E-state index < -0.39 is 11.6 Å². The van der Waals surface area contributed by atoms with Gasteiger partial charge in [0.1, 0.15) is 11.6 Å². The molecule has 0 spiro atoms. The van der Waals surface area contributed by atoms with Crippen LogP contribution in [0.4, 0.5) is 8.78 Å². The van der Waals surface area contributed by atoms with Crippen LogP contribution in [0.15, 0.2) is 18.2 Å². The number of hydrogen-bond donors (Lipinski definition) is 0. The fourth-order valence-electron chi connectivity index (χ4n) is 1.43. The third-order valence-electron chi connectivity index (χ3n) is 2.20. The molecule has 1 atom stereocenters. The van der Waals surface area contributed by atoms with Crippen LogP contribution in [0.1, 0.15) is 38.2 Å². The summed E-state index contributed by atoms with van der Waals surface area (Å²) in [6.07, 6.45) is 1.26. The molecule has 0 bridgehead atoms. The summed E-state index contributed by atoms with van der Waals surface area (Å²) in [6, 6.07) is 3.93. The van der Waals surface area contributed by atoms with Gasteiger partial charge in [0.15, 0.2) is 0 Å². The van der Waals surface area contributed by atoms with Crippen molar-refractivity contribution in [1.29, 1.82) is 0 Å². The standard InChI is InChI=1S/C13H14F2/c1-3-4-5-7-10(2)13-11(14)8-6-9-12(13)15/h6,8-10H,3,7H2,1-2H3. The van der Waals surface area contributed by atoms with Gasteiger partial charge in [-0.3, -0.25) is 0 Å². The summed E-state index contributed by atoms with van der Waals surface area (Å²) in [6.45, 7) is 3.73. The molecule has 80 valence electrons. The van der Waals surface area contributed by atoms with Crippen molar-refractivity contribution in [3.05, 3.63) is 35.4 Å². The molecule has 0 N–H and O–H groups in total. The molecule has 2 heteroatoms. The smallest absolute Gasteiger partial charge is 0.129 e. The zero-order valence-electron chi connectivity index (χ0n) is 8.98. The first-order valence-corrected chi connectivity index (χ1v) is 5.06. The summed E-state index contributed by atoms with van der Waals surface area (Å²) in [5.41, 5.74) is 0.142. The van der Waals surface area contributed by atoms with Crippen molar-refractivity contribution in [3.8, 4) is 11.8 Å². The fraction of sp³-hybridized carbons (Fsp3) is 0.385. The molecule has 0 amide bonds. The van der Waals surface area contributed by atoms with Crippen LogP contribution in [-0.4, -0.2) is 0 Å². The van der Waals surface area contributed by atoms with E-state index >= 15 is 0 Å². The highest BCUT2D eigenvalue weighted by Crippen LogP contribution is 2.24. The molecule has 15 heavy (non-hydrogen) atoms. The van der Waals surface area contributed by atoms with E-state index in [1.165, 1.54) is 18.2 Å². The van der Waals surface area contributed by atoms with E-state index in [0.717, 1.165) is 6.42 Å². The Bertz CT molecular complexity index is 365. The molecule has 0 heterocycles. The van der Waals surface area contributed by atoms with Gasteiger partial charge in [0, 0.05) is 18.4 Å². The average molecular weight is 208 g/mol. The highest BCUT2D eigenvalue weighted by molar-refractivity contribution is 5.24. The van der Waals surface area contributed by atoms with E-state index in [2.05, 4.69) is 11.8 Å². The monoisotopic (exact) mass is 208 g/mol. The molecule has 0 aliphatic heterocycles. The van der Waals surface area contributed by atoms with Gasteiger partial charge in [-0.1, -0.05) is 19.9 Å². The van der Waals surface area contributed by atoms with Crippen molar-refractivity contribution >= 4 is 0 Å². The molecule has 0 aliphatic carbocycles. The molecule has 0 nitrogen and oxygen atoms in total. The Morgan fingerprint density at radius 1 is 1.20 bits per heavy atom. The molecule has 0 fully saturated rings. The van der Waals surface area contributed by atoms with Crippen LogP contribution in [0, 0.1) is 23.5 Å². The predicted octanol–water partition coefficient (Wildman–Crippen LogP) is 3.87. The van der Waals surface area contributed by atoms with Gasteiger partial charge >= 0.3 is 0 Å². The minimum atomic E-state index is -0.485. The molecule has 0 saturated carbocycles. The Balaban J connectivity index is 2.86. The SMILES string of the molecule is CCC#CCC(C)c1c(F)cccc1F. The van der Waals surface area contributed by atoms with Crippen molar-refractivity contribution in [2.45, 2.75) is 32.6 Å². The van der Waals surface area contributed by atoms with Crippen LogP contribution < -0.4 is 0 Å². The molecule has 1 unspecified atom stereocenters. The largest absolute Gasteiger partial charge is 0.207 e. The minimum Gasteiger partial charge on any atom is -0.207 e. The van der Waals surface area contributed by atoms with E-state index in [1.807, 2.05) is 6.92 Å². The third kappa shape index (κ3) is 3.06. The number of hydrogen-bond acceptors (Lipinski definition) is 0. The molecule has 0 saturated heterocycles. The van der Waals surface area contributed by atoms with E-state index in [4.69, 9.17) is 0 Å². The maximum Gasteiger partial charge on any atom is 0.129 e. The molecule has 1 aromatic carbocycles. The topological polar surface area (TPSA) is 0 Å². The van der Waals surface area contributed by atoms with Gasteiger partial charge in [0.05, 0.1) is 0 Å². The Kier molecular flexibility index (Phi) is 4.30. The summed E-state index contributed by atoms with van der Waals surface area (Å²) < 4.78 is 26.6. The summed E-state index contributed by atoms with van der Waals surface area (Å²) >= 11 is 0. The van der Waals surface area contributed by atoms with E-state index in [0.29, 0.717) is 6.42 Å². The molecule has 0 aromatic heterocycles. The molecule has 0 radical (unpaired) electrons. The Morgan fingerprint density at radius 2 is 1.80 bits per heavy atom. The Labute approximate surface area is 89.3 Å². The lowest BCUT2D eigenvalue weighted by atomic mass is 9.97. The van der Waals surface area contributed by atoms with Crippen molar-refractivity contribution in [2.75, 3.05) is 0 Å². The molecular weight excluding hydrogens is 194 g/mol. The van der Waals surface area contributed by atoms with Gasteiger partial charge in [-0.05, 0) is 18.1 Å². The van der Waals surface area contributed by atoms with Crippen LogP contribution in [0.2, 0.25) is 0 Å². The van der Waals surface area contributed by atoms with Crippen LogP contribution in [0.5, 0.6) is 0 Å². The predicted molar refractivity (Wildman–Crippen MR) is 57.5 cm³/mol. The normalized spacial score (nSPS) is 11.7.